The molecule has 0 rings (SSSR count). The van der Waals surface area contributed by atoms with Crippen LogP contribution in [0.1, 0.15) is 13.8 Å². The average molecular weight is 337 g/mol. The molecule has 0 aromatic heterocycles. The Balaban J connectivity index is -0.0000000424. The van der Waals surface area contributed by atoms with Crippen molar-refractivity contribution in [3.63, 3.8) is 0 Å². The fourth-order valence-electron chi connectivity index (χ4n) is 0.118. The van der Waals surface area contributed by atoms with Crippen molar-refractivity contribution in [3.8, 4) is 0 Å². The molecule has 1 radical (unpaired) electrons. The monoisotopic (exact) mass is 337 g/mol. The zero-order valence-corrected chi connectivity index (χ0v) is 13.2. The number of aliphatic carboxylic acids is 1. The van der Waals surface area contributed by atoms with E-state index >= 15 is 0 Å². The molecule has 9 heteroatoms. The molecule has 0 unspecified atom stereocenters. The van der Waals surface area contributed by atoms with E-state index < -0.39 is 5.97 Å². The van der Waals surface area contributed by atoms with Crippen LogP contribution in [0.5, 0.6) is 0 Å². The normalized spacial score (nSPS) is 6.00. The second kappa shape index (κ2) is 36.0. The SMILES string of the molecule is CC(C)N[C-]=O.CN[C-]=O.O=[C-]O.[CH2-]C(=O)O.[Y]. The quantitative estimate of drug-likeness (QED) is 0.379. The first-order chi connectivity index (χ1) is 7.83. The van der Waals surface area contributed by atoms with E-state index in [1.807, 2.05) is 13.8 Å². The van der Waals surface area contributed by atoms with Gasteiger partial charge in [-0.15, -0.1) is 0 Å². The smallest absolute Gasteiger partial charge is 0.161 e. The molecule has 0 spiro atoms. The summed E-state index contributed by atoms with van der Waals surface area (Å²) in [4.78, 5) is 35.4. The van der Waals surface area contributed by atoms with E-state index in [2.05, 4.69) is 17.6 Å². The molecule has 18 heavy (non-hydrogen) atoms. The molecule has 0 aliphatic carbocycles. The second-order valence-corrected chi connectivity index (χ2v) is 2.24. The summed E-state index contributed by atoms with van der Waals surface area (Å²) in [7, 11) is 1.51. The van der Waals surface area contributed by atoms with E-state index in [4.69, 9.17) is 24.6 Å². The van der Waals surface area contributed by atoms with Crippen LogP contribution in [0.2, 0.25) is 0 Å². The van der Waals surface area contributed by atoms with Crippen molar-refractivity contribution in [1.82, 2.24) is 10.6 Å². The van der Waals surface area contributed by atoms with Gasteiger partial charge in [0.2, 0.25) is 0 Å². The third-order valence-corrected chi connectivity index (χ3v) is 0.450. The first kappa shape index (κ1) is 30.1. The standard InChI is InChI=1S/C4H8NO.C2H4NO.C2H3O2.CHO2.Y/c1-4(2)5-3-6;1-3-2-4;1-2(3)4;2-1-3;/h4H,1-2H3,(H,5,6);1H3,(H,3,4);1H2,(H,3,4);(H,2,3);/q4*-1;. The molecule has 0 aromatic carbocycles. The predicted octanol–water partition coefficient (Wildman–Crippen LogP) is -1.16. The summed E-state index contributed by atoms with van der Waals surface area (Å²) < 4.78 is 0. The van der Waals surface area contributed by atoms with E-state index in [0.29, 0.717) is 6.47 Å². The van der Waals surface area contributed by atoms with Gasteiger partial charge in [0.15, 0.2) is 5.97 Å². The Labute approximate surface area is 131 Å². The van der Waals surface area contributed by atoms with Crippen LogP contribution in [0.25, 0.3) is 0 Å². The van der Waals surface area contributed by atoms with E-state index in [1.165, 1.54) is 13.5 Å². The number of carbonyl (C=O) groups is 1. The third kappa shape index (κ3) is 350. The minimum absolute atomic E-state index is 0. The van der Waals surface area contributed by atoms with E-state index in [1.54, 1.807) is 6.41 Å². The number of nitrogens with one attached hydrogen (secondary N) is 2. The Bertz CT molecular complexity index is 186. The summed E-state index contributed by atoms with van der Waals surface area (Å²) in [5.41, 5.74) is 0. The van der Waals surface area contributed by atoms with Gasteiger partial charge in [-0.25, -0.2) is 0 Å². The summed E-state index contributed by atoms with van der Waals surface area (Å²) in [6.07, 6.45) is 3.00. The van der Waals surface area contributed by atoms with Crippen LogP contribution in [0.15, 0.2) is 0 Å². The van der Waals surface area contributed by atoms with Crippen molar-refractivity contribution in [2.75, 3.05) is 7.05 Å². The molecular weight excluding hydrogens is 321 g/mol. The Hall–Kier alpha value is -1.15. The van der Waals surface area contributed by atoms with Gasteiger partial charge in [0, 0.05) is 32.7 Å². The molecular formula is C9H16N2O6Y-4. The van der Waals surface area contributed by atoms with Crippen LogP contribution in [-0.2, 0) is 51.9 Å². The molecule has 0 bridgehead atoms. The van der Waals surface area contributed by atoms with Gasteiger partial charge in [-0.3, -0.25) is 11.7 Å². The predicted molar refractivity (Wildman–Crippen MR) is 60.0 cm³/mol. The second-order valence-electron chi connectivity index (χ2n) is 2.24. The Morgan fingerprint density at radius 1 is 1.22 bits per heavy atom. The van der Waals surface area contributed by atoms with Crippen LogP contribution in [0.3, 0.4) is 0 Å². The molecule has 4 N–H and O–H groups in total. The Kier molecular flexibility index (Phi) is 60.3. The van der Waals surface area contributed by atoms with Crippen LogP contribution >= 0.6 is 0 Å². The van der Waals surface area contributed by atoms with Gasteiger partial charge in [0.25, 0.3) is 0 Å². The van der Waals surface area contributed by atoms with E-state index in [9.17, 15) is 4.79 Å². The number of aliphatic hydroxyl groups excluding tert-OH is 1. The summed E-state index contributed by atoms with van der Waals surface area (Å²) in [6.45, 7) is 6.82. The maximum Gasteiger partial charge on any atom is 0.161 e. The van der Waals surface area contributed by atoms with Gasteiger partial charge in [0.1, 0.15) is 0 Å². The van der Waals surface area contributed by atoms with Gasteiger partial charge in [0.05, 0.1) is 0 Å². The number of rotatable bonds is 3. The van der Waals surface area contributed by atoms with Gasteiger partial charge in [-0.2, -0.15) is 12.8 Å². The number of amides is 2. The minimum Gasteiger partial charge on any atom is -0.665 e. The zero-order chi connectivity index (χ0) is 14.7. The number of carboxylic acid groups (broad SMARTS) is 1. The largest absolute Gasteiger partial charge is 0.665 e. The average Bonchev–Trinajstić information content (AvgIpc) is 2.18. The Morgan fingerprint density at radius 2 is 1.44 bits per heavy atom. The topological polar surface area (TPSA) is 133 Å². The Morgan fingerprint density at radius 3 is 1.44 bits per heavy atom. The van der Waals surface area contributed by atoms with Crippen LogP contribution in [0.4, 0.5) is 0 Å². The molecule has 0 aliphatic rings. The molecule has 0 saturated heterocycles. The maximum absolute atomic E-state index is 9.38. The molecule has 0 atom stereocenters. The van der Waals surface area contributed by atoms with Gasteiger partial charge >= 0.3 is 0 Å². The summed E-state index contributed by atoms with van der Waals surface area (Å²) in [5.74, 6) is -1.08. The first-order valence-corrected chi connectivity index (χ1v) is 4.06. The maximum atomic E-state index is 9.38. The molecule has 105 valence electrons. The molecule has 0 aromatic rings. The number of carbonyl (C=O) groups excluding carboxylic acids is 2. The molecule has 0 saturated carbocycles. The number of hydrogen-bond donors (Lipinski definition) is 4. The summed E-state index contributed by atoms with van der Waals surface area (Å²) >= 11 is 0. The number of carboxylic acids is 1. The third-order valence-electron chi connectivity index (χ3n) is 0.450. The van der Waals surface area contributed by atoms with Gasteiger partial charge in [-0.1, -0.05) is 6.47 Å². The van der Waals surface area contributed by atoms with E-state index in [-0.39, 0.29) is 38.8 Å². The fraction of sp³-hybridized carbons (Fsp3) is 0.444. The summed E-state index contributed by atoms with van der Waals surface area (Å²) in [5, 5.41) is 18.6. The fourth-order valence-corrected chi connectivity index (χ4v) is 0.118. The summed E-state index contributed by atoms with van der Waals surface area (Å²) in [6, 6.07) is 0.225. The van der Waals surface area contributed by atoms with Crippen LogP contribution in [-0.4, -0.2) is 48.6 Å². The van der Waals surface area contributed by atoms with Crippen molar-refractivity contribution in [2.24, 2.45) is 0 Å². The van der Waals surface area contributed by atoms with Crippen molar-refractivity contribution in [3.05, 3.63) is 6.92 Å². The zero-order valence-electron chi connectivity index (χ0n) is 10.4. The molecule has 2 amide bonds. The van der Waals surface area contributed by atoms with E-state index in [0.717, 1.165) is 0 Å². The van der Waals surface area contributed by atoms with Gasteiger partial charge in [-0.05, 0) is 26.9 Å². The molecule has 0 fully saturated rings. The molecule has 0 heterocycles. The molecule has 0 aliphatic heterocycles. The first-order valence-electron chi connectivity index (χ1n) is 4.06. The van der Waals surface area contributed by atoms with Crippen molar-refractivity contribution in [2.45, 2.75) is 19.9 Å². The van der Waals surface area contributed by atoms with Crippen molar-refractivity contribution in [1.29, 1.82) is 0 Å². The van der Waals surface area contributed by atoms with Crippen molar-refractivity contribution < 1.29 is 62.1 Å². The van der Waals surface area contributed by atoms with Crippen LogP contribution in [0, 0.1) is 6.92 Å². The molecule has 8 nitrogen and oxygen atoms in total. The van der Waals surface area contributed by atoms with Gasteiger partial charge < -0.3 is 35.2 Å². The van der Waals surface area contributed by atoms with Crippen molar-refractivity contribution >= 4 is 25.3 Å². The minimum atomic E-state index is -1.08. The van der Waals surface area contributed by atoms with Crippen LogP contribution < -0.4 is 10.6 Å². The number of hydrogen-bond acceptors (Lipinski definition) is 4.